The van der Waals surface area contributed by atoms with Gasteiger partial charge in [-0.3, -0.25) is 10.1 Å². The molecule has 1 aliphatic rings. The molecule has 0 aliphatic carbocycles. The number of nitro groups is 1. The molecule has 0 spiro atoms. The molecule has 0 aromatic heterocycles. The highest BCUT2D eigenvalue weighted by molar-refractivity contribution is 7.98. The highest BCUT2D eigenvalue weighted by Gasteiger charge is 2.16. The molecule has 1 atom stereocenters. The minimum Gasteiger partial charge on any atom is -0.380 e. The van der Waals surface area contributed by atoms with Crippen LogP contribution in [-0.2, 0) is 10.5 Å². The zero-order valence-electron chi connectivity index (χ0n) is 11.6. The third-order valence-corrected chi connectivity index (χ3v) is 4.37. The second kappa shape index (κ2) is 7.50. The van der Waals surface area contributed by atoms with Crippen molar-refractivity contribution in [1.82, 2.24) is 0 Å². The van der Waals surface area contributed by atoms with E-state index in [0.717, 1.165) is 36.5 Å². The lowest BCUT2D eigenvalue weighted by Crippen LogP contribution is -2.08. The number of rotatable bonds is 7. The summed E-state index contributed by atoms with van der Waals surface area (Å²) in [6, 6.07) is 5.30. The number of hydrogen-bond donors (Lipinski definition) is 1. The quantitative estimate of drug-likeness (QED) is 0.617. The Morgan fingerprint density at radius 1 is 1.55 bits per heavy atom. The largest absolute Gasteiger partial charge is 0.380 e. The first-order chi connectivity index (χ1) is 9.70. The Hall–Kier alpha value is -1.27. The normalized spacial score (nSPS) is 18.1. The van der Waals surface area contributed by atoms with Gasteiger partial charge in [0.25, 0.3) is 5.69 Å². The van der Waals surface area contributed by atoms with E-state index in [2.05, 4.69) is 5.32 Å². The van der Waals surface area contributed by atoms with E-state index in [1.165, 1.54) is 0 Å². The van der Waals surface area contributed by atoms with Crippen LogP contribution in [0.1, 0.15) is 25.3 Å². The standard InChI is InChI=1S/C14H20N2O3S/c1-2-15-13-8-11(5-6-14(13)16(17)18)9-20-10-12-4-3-7-19-12/h5-6,8,12,15H,2-4,7,9-10H2,1H3. The van der Waals surface area contributed by atoms with Crippen LogP contribution in [0.25, 0.3) is 0 Å². The van der Waals surface area contributed by atoms with Crippen LogP contribution in [0, 0.1) is 10.1 Å². The van der Waals surface area contributed by atoms with Crippen LogP contribution in [0.3, 0.4) is 0 Å². The Morgan fingerprint density at radius 2 is 2.40 bits per heavy atom. The predicted octanol–water partition coefficient (Wildman–Crippen LogP) is 3.44. The number of nitrogens with zero attached hydrogens (tertiary/aromatic N) is 1. The minimum absolute atomic E-state index is 0.139. The van der Waals surface area contributed by atoms with Crippen molar-refractivity contribution in [1.29, 1.82) is 0 Å². The third-order valence-electron chi connectivity index (χ3n) is 3.22. The van der Waals surface area contributed by atoms with E-state index < -0.39 is 0 Å². The van der Waals surface area contributed by atoms with Gasteiger partial charge in [-0.2, -0.15) is 11.8 Å². The van der Waals surface area contributed by atoms with Crippen molar-refractivity contribution in [3.63, 3.8) is 0 Å². The highest BCUT2D eigenvalue weighted by atomic mass is 32.2. The summed E-state index contributed by atoms with van der Waals surface area (Å²) in [5.41, 5.74) is 1.85. The zero-order chi connectivity index (χ0) is 14.4. The van der Waals surface area contributed by atoms with Gasteiger partial charge in [0.05, 0.1) is 11.0 Å². The van der Waals surface area contributed by atoms with Crippen molar-refractivity contribution in [2.75, 3.05) is 24.2 Å². The smallest absolute Gasteiger partial charge is 0.292 e. The van der Waals surface area contributed by atoms with Crippen molar-refractivity contribution >= 4 is 23.1 Å². The molecule has 110 valence electrons. The lowest BCUT2D eigenvalue weighted by Gasteiger charge is -2.10. The van der Waals surface area contributed by atoms with Crippen LogP contribution in [0.4, 0.5) is 11.4 Å². The predicted molar refractivity (Wildman–Crippen MR) is 82.4 cm³/mol. The first-order valence-electron chi connectivity index (χ1n) is 6.91. The van der Waals surface area contributed by atoms with E-state index >= 15 is 0 Å². The molecule has 1 saturated heterocycles. The lowest BCUT2D eigenvalue weighted by molar-refractivity contribution is -0.384. The second-order valence-corrected chi connectivity index (χ2v) is 5.82. The number of ether oxygens (including phenoxy) is 1. The summed E-state index contributed by atoms with van der Waals surface area (Å²) in [4.78, 5) is 10.6. The molecule has 20 heavy (non-hydrogen) atoms. The van der Waals surface area contributed by atoms with E-state index in [1.54, 1.807) is 6.07 Å². The Labute approximate surface area is 123 Å². The molecule has 1 aromatic rings. The summed E-state index contributed by atoms with van der Waals surface area (Å²) in [7, 11) is 0. The molecule has 0 saturated carbocycles. The summed E-state index contributed by atoms with van der Waals surface area (Å²) in [5.74, 6) is 1.85. The van der Waals surface area contributed by atoms with Crippen LogP contribution in [-0.4, -0.2) is 29.9 Å². The minimum atomic E-state index is -0.346. The van der Waals surface area contributed by atoms with Crippen LogP contribution in [0.2, 0.25) is 0 Å². The van der Waals surface area contributed by atoms with E-state index in [1.807, 2.05) is 30.8 Å². The molecule has 0 bridgehead atoms. The van der Waals surface area contributed by atoms with Gasteiger partial charge >= 0.3 is 0 Å². The lowest BCUT2D eigenvalue weighted by atomic mass is 10.2. The fraction of sp³-hybridized carbons (Fsp3) is 0.571. The molecule has 6 heteroatoms. The molecule has 1 aromatic carbocycles. The van der Waals surface area contributed by atoms with Gasteiger partial charge in [0.2, 0.25) is 0 Å². The molecule has 0 amide bonds. The van der Waals surface area contributed by atoms with Crippen molar-refractivity contribution in [2.24, 2.45) is 0 Å². The Morgan fingerprint density at radius 3 is 3.05 bits per heavy atom. The molecule has 1 unspecified atom stereocenters. The molecular formula is C14H20N2O3S. The van der Waals surface area contributed by atoms with Gasteiger partial charge in [-0.05, 0) is 31.4 Å². The molecule has 1 aliphatic heterocycles. The van der Waals surface area contributed by atoms with Crippen LogP contribution >= 0.6 is 11.8 Å². The van der Waals surface area contributed by atoms with E-state index in [0.29, 0.717) is 18.3 Å². The molecule has 0 radical (unpaired) electrons. The monoisotopic (exact) mass is 296 g/mol. The Kier molecular flexibility index (Phi) is 5.67. The molecule has 2 rings (SSSR count). The number of nitrogens with one attached hydrogen (secondary N) is 1. The number of anilines is 1. The maximum atomic E-state index is 10.9. The average Bonchev–Trinajstić information content (AvgIpc) is 2.92. The van der Waals surface area contributed by atoms with Crippen LogP contribution < -0.4 is 5.32 Å². The average molecular weight is 296 g/mol. The molecular weight excluding hydrogens is 276 g/mol. The van der Waals surface area contributed by atoms with E-state index in [-0.39, 0.29) is 10.6 Å². The molecule has 1 heterocycles. The number of thioether (sulfide) groups is 1. The van der Waals surface area contributed by atoms with Crippen molar-refractivity contribution in [3.8, 4) is 0 Å². The third kappa shape index (κ3) is 4.11. The summed E-state index contributed by atoms with van der Waals surface area (Å²) in [6.45, 7) is 3.49. The molecule has 1 N–H and O–H groups in total. The van der Waals surface area contributed by atoms with E-state index in [4.69, 9.17) is 4.74 Å². The van der Waals surface area contributed by atoms with Crippen molar-refractivity contribution in [2.45, 2.75) is 31.6 Å². The van der Waals surface area contributed by atoms with Crippen LogP contribution in [0.15, 0.2) is 18.2 Å². The van der Waals surface area contributed by atoms with Crippen LogP contribution in [0.5, 0.6) is 0 Å². The second-order valence-electron chi connectivity index (χ2n) is 4.79. The summed E-state index contributed by atoms with van der Waals surface area (Å²) in [5, 5.41) is 14.0. The van der Waals surface area contributed by atoms with Gasteiger partial charge in [-0.1, -0.05) is 6.07 Å². The Bertz CT molecular complexity index is 462. The van der Waals surface area contributed by atoms with Crippen molar-refractivity contribution < 1.29 is 9.66 Å². The van der Waals surface area contributed by atoms with Gasteiger partial charge in [0.1, 0.15) is 5.69 Å². The Balaban J connectivity index is 1.93. The fourth-order valence-electron chi connectivity index (χ4n) is 2.25. The SMILES string of the molecule is CCNc1cc(CSCC2CCCO2)ccc1[N+](=O)[O-]. The van der Waals surface area contributed by atoms with Gasteiger partial charge in [-0.25, -0.2) is 0 Å². The number of nitro benzene ring substituents is 1. The highest BCUT2D eigenvalue weighted by Crippen LogP contribution is 2.28. The summed E-state index contributed by atoms with van der Waals surface area (Å²) >= 11 is 1.82. The van der Waals surface area contributed by atoms with Gasteiger partial charge < -0.3 is 10.1 Å². The summed E-state index contributed by atoms with van der Waals surface area (Å²) < 4.78 is 5.58. The fourth-order valence-corrected chi connectivity index (χ4v) is 3.31. The maximum Gasteiger partial charge on any atom is 0.292 e. The first-order valence-corrected chi connectivity index (χ1v) is 8.06. The van der Waals surface area contributed by atoms with Gasteiger partial charge in [-0.15, -0.1) is 0 Å². The van der Waals surface area contributed by atoms with E-state index in [9.17, 15) is 10.1 Å². The first kappa shape index (κ1) is 15.1. The molecule has 5 nitrogen and oxygen atoms in total. The van der Waals surface area contributed by atoms with Gasteiger partial charge in [0.15, 0.2) is 0 Å². The van der Waals surface area contributed by atoms with Crippen molar-refractivity contribution in [3.05, 3.63) is 33.9 Å². The summed E-state index contributed by atoms with van der Waals surface area (Å²) in [6.07, 6.45) is 2.69. The topological polar surface area (TPSA) is 64.4 Å². The zero-order valence-corrected chi connectivity index (χ0v) is 12.4. The number of benzene rings is 1. The molecule has 1 fully saturated rings. The maximum absolute atomic E-state index is 10.9. The van der Waals surface area contributed by atoms with Gasteiger partial charge in [0, 0.05) is 30.7 Å². The number of hydrogen-bond acceptors (Lipinski definition) is 5.